The van der Waals surface area contributed by atoms with E-state index in [-0.39, 0.29) is 23.9 Å². The van der Waals surface area contributed by atoms with Gasteiger partial charge in [-0.2, -0.15) is 0 Å². The lowest BCUT2D eigenvalue weighted by molar-refractivity contribution is -0.00125. The van der Waals surface area contributed by atoms with Gasteiger partial charge in [-0.05, 0) is 56.5 Å². The summed E-state index contributed by atoms with van der Waals surface area (Å²) in [5.41, 5.74) is 1.17. The molecule has 1 heterocycles. The fourth-order valence-corrected chi connectivity index (χ4v) is 3.92. The summed E-state index contributed by atoms with van der Waals surface area (Å²) in [6.45, 7) is 3.10. The second-order valence-electron chi connectivity index (χ2n) is 6.40. The van der Waals surface area contributed by atoms with Crippen molar-refractivity contribution in [1.82, 2.24) is 4.90 Å². The molecule has 3 rings (SSSR count). The summed E-state index contributed by atoms with van der Waals surface area (Å²) in [7, 11) is 0. The number of benzene rings is 1. The molecule has 1 aliphatic carbocycles. The van der Waals surface area contributed by atoms with Crippen LogP contribution in [-0.4, -0.2) is 35.7 Å². The van der Waals surface area contributed by atoms with E-state index in [0.29, 0.717) is 0 Å². The molecule has 1 aliphatic heterocycles. The smallest absolute Gasteiger partial charge is 0.0763 e. The molecular weight excluding hydrogens is 305 g/mol. The summed E-state index contributed by atoms with van der Waals surface area (Å²) in [6.07, 6.45) is 7.00. The molecule has 2 aliphatic rings. The van der Waals surface area contributed by atoms with E-state index in [1.165, 1.54) is 31.2 Å². The Morgan fingerprint density at radius 1 is 1.14 bits per heavy atom. The predicted octanol–water partition coefficient (Wildman–Crippen LogP) is 4.03. The van der Waals surface area contributed by atoms with Crippen LogP contribution in [0.5, 0.6) is 0 Å². The minimum atomic E-state index is -0.271. The number of piperidine rings is 1. The Hall–Kier alpha value is -0.280. The maximum atomic E-state index is 10.8. The lowest BCUT2D eigenvalue weighted by atomic mass is 9.61. The fraction of sp³-hybridized carbons (Fsp3) is 0.647. The molecule has 0 bridgehead atoms. The standard InChI is InChI=1S/C17H24ClNO.ClH/c18-15-7-4-6-14(12-15)17(8-5-9-17)16(20)13-19-10-2-1-3-11-19;/h4,6-7,12,16,20H,1-3,5,8-11,13H2;1H. The average Bonchev–Trinajstić information content (AvgIpc) is 2.38. The molecular formula is C17H25Cl2NO. The van der Waals surface area contributed by atoms with Gasteiger partial charge in [-0.3, -0.25) is 0 Å². The van der Waals surface area contributed by atoms with Crippen molar-refractivity contribution in [3.05, 3.63) is 34.9 Å². The van der Waals surface area contributed by atoms with Gasteiger partial charge in [-0.15, -0.1) is 12.4 Å². The van der Waals surface area contributed by atoms with Crippen LogP contribution in [0.2, 0.25) is 5.02 Å². The molecule has 0 spiro atoms. The lowest BCUT2D eigenvalue weighted by Crippen LogP contribution is -2.51. The number of aliphatic hydroxyl groups is 1. The van der Waals surface area contributed by atoms with Crippen LogP contribution in [0.4, 0.5) is 0 Å². The first-order chi connectivity index (χ1) is 9.71. The SMILES string of the molecule is Cl.OC(CN1CCCCC1)C1(c2cccc(Cl)c2)CCC1. The molecule has 0 amide bonds. The van der Waals surface area contributed by atoms with Crippen LogP contribution in [0.25, 0.3) is 0 Å². The Bertz CT molecular complexity index is 456. The number of hydrogen-bond donors (Lipinski definition) is 1. The highest BCUT2D eigenvalue weighted by atomic mass is 35.5. The molecule has 2 nitrogen and oxygen atoms in total. The summed E-state index contributed by atoms with van der Waals surface area (Å²) in [5.74, 6) is 0. The third-order valence-electron chi connectivity index (χ3n) is 5.16. The summed E-state index contributed by atoms with van der Waals surface area (Å²) in [4.78, 5) is 2.43. The van der Waals surface area contributed by atoms with E-state index in [4.69, 9.17) is 11.6 Å². The van der Waals surface area contributed by atoms with Crippen molar-refractivity contribution in [3.63, 3.8) is 0 Å². The average molecular weight is 330 g/mol. The van der Waals surface area contributed by atoms with Gasteiger partial charge in [0, 0.05) is 17.0 Å². The van der Waals surface area contributed by atoms with Crippen molar-refractivity contribution in [1.29, 1.82) is 0 Å². The van der Waals surface area contributed by atoms with Crippen LogP contribution in [0.1, 0.15) is 44.1 Å². The molecule has 1 unspecified atom stereocenters. The largest absolute Gasteiger partial charge is 0.391 e. The van der Waals surface area contributed by atoms with Gasteiger partial charge >= 0.3 is 0 Å². The van der Waals surface area contributed by atoms with E-state index >= 15 is 0 Å². The third-order valence-corrected chi connectivity index (χ3v) is 5.40. The Balaban J connectivity index is 0.00000161. The first-order valence-corrected chi connectivity index (χ1v) is 8.25. The van der Waals surface area contributed by atoms with Crippen molar-refractivity contribution in [2.45, 2.75) is 50.0 Å². The van der Waals surface area contributed by atoms with Crippen LogP contribution in [0, 0.1) is 0 Å². The van der Waals surface area contributed by atoms with Gasteiger partial charge in [0.2, 0.25) is 0 Å². The van der Waals surface area contributed by atoms with Crippen molar-refractivity contribution in [2.75, 3.05) is 19.6 Å². The molecule has 2 fully saturated rings. The molecule has 1 atom stereocenters. The van der Waals surface area contributed by atoms with Crippen LogP contribution in [-0.2, 0) is 5.41 Å². The maximum Gasteiger partial charge on any atom is 0.0763 e. The second-order valence-corrected chi connectivity index (χ2v) is 6.83. The van der Waals surface area contributed by atoms with E-state index in [2.05, 4.69) is 11.0 Å². The molecule has 4 heteroatoms. The molecule has 0 aromatic heterocycles. The van der Waals surface area contributed by atoms with E-state index in [1.807, 2.05) is 18.2 Å². The van der Waals surface area contributed by atoms with Gasteiger partial charge in [-0.25, -0.2) is 0 Å². The minimum absolute atomic E-state index is 0. The number of rotatable bonds is 4. The maximum absolute atomic E-state index is 10.8. The molecule has 118 valence electrons. The molecule has 0 radical (unpaired) electrons. The monoisotopic (exact) mass is 329 g/mol. The number of aliphatic hydroxyl groups excluding tert-OH is 1. The van der Waals surface area contributed by atoms with Gasteiger partial charge in [-0.1, -0.05) is 36.6 Å². The van der Waals surface area contributed by atoms with Crippen LogP contribution in [0.3, 0.4) is 0 Å². The van der Waals surface area contributed by atoms with Crippen LogP contribution < -0.4 is 0 Å². The van der Waals surface area contributed by atoms with E-state index in [0.717, 1.165) is 37.5 Å². The summed E-state index contributed by atoms with van der Waals surface area (Å²) >= 11 is 6.14. The number of β-amino-alcohol motifs (C(OH)–C–C–N with tert-alkyl or cyclic N) is 1. The zero-order valence-electron chi connectivity index (χ0n) is 12.4. The van der Waals surface area contributed by atoms with Gasteiger partial charge in [0.15, 0.2) is 0 Å². The number of halogens is 2. The summed E-state index contributed by atoms with van der Waals surface area (Å²) in [5, 5.41) is 11.6. The Morgan fingerprint density at radius 3 is 2.43 bits per heavy atom. The molecule has 1 saturated carbocycles. The molecule has 1 aromatic carbocycles. The molecule has 21 heavy (non-hydrogen) atoms. The van der Waals surface area contributed by atoms with Crippen LogP contribution in [0.15, 0.2) is 24.3 Å². The van der Waals surface area contributed by atoms with E-state index < -0.39 is 0 Å². The summed E-state index contributed by atoms with van der Waals surface area (Å²) < 4.78 is 0. The van der Waals surface area contributed by atoms with Gasteiger partial charge < -0.3 is 10.0 Å². The van der Waals surface area contributed by atoms with Gasteiger partial charge in [0.05, 0.1) is 6.10 Å². The highest BCUT2D eigenvalue weighted by molar-refractivity contribution is 6.30. The lowest BCUT2D eigenvalue weighted by Gasteiger charge is -2.47. The zero-order valence-corrected chi connectivity index (χ0v) is 14.0. The van der Waals surface area contributed by atoms with Crippen molar-refractivity contribution < 1.29 is 5.11 Å². The highest BCUT2D eigenvalue weighted by Crippen LogP contribution is 2.47. The minimum Gasteiger partial charge on any atom is -0.391 e. The highest BCUT2D eigenvalue weighted by Gasteiger charge is 2.45. The predicted molar refractivity (Wildman–Crippen MR) is 90.5 cm³/mol. The first kappa shape index (κ1) is 17.1. The van der Waals surface area contributed by atoms with E-state index in [9.17, 15) is 5.11 Å². The molecule has 1 aromatic rings. The first-order valence-electron chi connectivity index (χ1n) is 7.87. The van der Waals surface area contributed by atoms with Gasteiger partial charge in [0.25, 0.3) is 0 Å². The molecule has 1 N–H and O–H groups in total. The van der Waals surface area contributed by atoms with E-state index in [1.54, 1.807) is 0 Å². The van der Waals surface area contributed by atoms with Crippen LogP contribution >= 0.6 is 24.0 Å². The second kappa shape index (κ2) is 7.32. The third kappa shape index (κ3) is 3.56. The zero-order chi connectivity index (χ0) is 14.0. The van der Waals surface area contributed by atoms with Crippen molar-refractivity contribution in [3.8, 4) is 0 Å². The molecule has 1 saturated heterocycles. The van der Waals surface area contributed by atoms with Crippen molar-refractivity contribution >= 4 is 24.0 Å². The Morgan fingerprint density at radius 2 is 1.86 bits per heavy atom. The fourth-order valence-electron chi connectivity index (χ4n) is 3.73. The quantitative estimate of drug-likeness (QED) is 0.901. The summed E-state index contributed by atoms with van der Waals surface area (Å²) in [6, 6.07) is 8.09. The Kier molecular flexibility index (Phi) is 5.96. The van der Waals surface area contributed by atoms with Crippen molar-refractivity contribution in [2.24, 2.45) is 0 Å². The Labute approximate surface area is 138 Å². The number of hydrogen-bond acceptors (Lipinski definition) is 2. The topological polar surface area (TPSA) is 23.5 Å². The van der Waals surface area contributed by atoms with Gasteiger partial charge in [0.1, 0.15) is 0 Å². The normalized spacial score (nSPS) is 23.0. The number of likely N-dealkylation sites (tertiary alicyclic amines) is 1. The number of nitrogens with zero attached hydrogens (tertiary/aromatic N) is 1.